The molecular formula is C10H11NO. The Labute approximate surface area is 72.4 Å². The summed E-state index contributed by atoms with van der Waals surface area (Å²) in [5.41, 5.74) is 1.69. The molecule has 0 aliphatic carbocycles. The second-order valence-electron chi connectivity index (χ2n) is 2.54. The van der Waals surface area contributed by atoms with E-state index in [0.717, 1.165) is 5.56 Å². The first-order valence-electron chi connectivity index (χ1n) is 3.91. The van der Waals surface area contributed by atoms with Gasteiger partial charge in [-0.15, -0.1) is 0 Å². The summed E-state index contributed by atoms with van der Waals surface area (Å²) < 4.78 is 5.26. The van der Waals surface area contributed by atoms with Gasteiger partial charge in [0.25, 0.3) is 0 Å². The molecule has 2 nitrogen and oxygen atoms in total. The van der Waals surface area contributed by atoms with Gasteiger partial charge < -0.3 is 4.74 Å². The van der Waals surface area contributed by atoms with Crippen molar-refractivity contribution in [3.63, 3.8) is 0 Å². The van der Waals surface area contributed by atoms with Gasteiger partial charge in [0.2, 0.25) is 0 Å². The molecule has 12 heavy (non-hydrogen) atoms. The average Bonchev–Trinajstić information content (AvgIpc) is 2.08. The molecule has 2 heteroatoms. The smallest absolute Gasteiger partial charge is 0.137 e. The molecule has 0 unspecified atom stereocenters. The summed E-state index contributed by atoms with van der Waals surface area (Å²) in [7, 11) is 0. The molecule has 62 valence electrons. The summed E-state index contributed by atoms with van der Waals surface area (Å²) in [4.78, 5) is 0. The van der Waals surface area contributed by atoms with Crippen LogP contribution < -0.4 is 4.74 Å². The Hall–Kier alpha value is -1.49. The summed E-state index contributed by atoms with van der Waals surface area (Å²) >= 11 is 0. The van der Waals surface area contributed by atoms with Gasteiger partial charge in [0.05, 0.1) is 12.2 Å². The lowest BCUT2D eigenvalue weighted by atomic mass is 10.1. The molecule has 0 spiro atoms. The predicted octanol–water partition coefficient (Wildman–Crippen LogP) is 2.27. The molecule has 1 aromatic rings. The van der Waals surface area contributed by atoms with E-state index in [1.165, 1.54) is 0 Å². The Kier molecular flexibility index (Phi) is 2.71. The molecule has 0 radical (unpaired) electrons. The molecule has 0 N–H and O–H groups in total. The highest BCUT2D eigenvalue weighted by Gasteiger charge is 2.00. The second kappa shape index (κ2) is 3.77. The normalized spacial score (nSPS) is 9.08. The van der Waals surface area contributed by atoms with Crippen LogP contribution in [-0.2, 0) is 0 Å². The number of benzene rings is 1. The molecule has 0 saturated carbocycles. The van der Waals surface area contributed by atoms with E-state index >= 15 is 0 Å². The van der Waals surface area contributed by atoms with Crippen molar-refractivity contribution in [2.24, 2.45) is 0 Å². The minimum Gasteiger partial charge on any atom is -0.492 e. The Bertz CT molecular complexity index is 312. The Balaban J connectivity index is 3.05. The Morgan fingerprint density at radius 1 is 1.50 bits per heavy atom. The van der Waals surface area contributed by atoms with E-state index < -0.39 is 0 Å². The predicted molar refractivity (Wildman–Crippen MR) is 47.1 cm³/mol. The maximum Gasteiger partial charge on any atom is 0.137 e. The van der Waals surface area contributed by atoms with Crippen molar-refractivity contribution in [3.8, 4) is 11.8 Å². The quantitative estimate of drug-likeness (QED) is 0.666. The molecule has 0 aliphatic rings. The number of nitrogens with zero attached hydrogens (tertiary/aromatic N) is 1. The van der Waals surface area contributed by atoms with Crippen molar-refractivity contribution in [2.75, 3.05) is 6.61 Å². The number of aryl methyl sites for hydroxylation is 1. The van der Waals surface area contributed by atoms with E-state index in [4.69, 9.17) is 10.00 Å². The van der Waals surface area contributed by atoms with Crippen LogP contribution in [0.25, 0.3) is 0 Å². The van der Waals surface area contributed by atoms with Crippen LogP contribution in [0.1, 0.15) is 18.1 Å². The standard InChI is InChI=1S/C10H11NO/c1-3-12-10-5-4-8(2)6-9(10)7-11/h4-6H,3H2,1-2H3. The van der Waals surface area contributed by atoms with Gasteiger partial charge in [0.15, 0.2) is 0 Å². The molecule has 0 saturated heterocycles. The van der Waals surface area contributed by atoms with Crippen molar-refractivity contribution in [1.29, 1.82) is 5.26 Å². The first-order chi connectivity index (χ1) is 5.77. The third-order valence-electron chi connectivity index (χ3n) is 1.56. The molecule has 1 rings (SSSR count). The summed E-state index contributed by atoms with van der Waals surface area (Å²) in [6.07, 6.45) is 0. The number of rotatable bonds is 2. The van der Waals surface area contributed by atoms with Crippen molar-refractivity contribution >= 4 is 0 Å². The van der Waals surface area contributed by atoms with Gasteiger partial charge in [-0.05, 0) is 31.5 Å². The first kappa shape index (κ1) is 8.61. The van der Waals surface area contributed by atoms with E-state index in [0.29, 0.717) is 17.9 Å². The van der Waals surface area contributed by atoms with Crippen LogP contribution in [0, 0.1) is 18.3 Å². The molecule has 0 fully saturated rings. The van der Waals surface area contributed by atoms with E-state index in [1.807, 2.05) is 32.0 Å². The summed E-state index contributed by atoms with van der Waals surface area (Å²) in [6, 6.07) is 7.69. The van der Waals surface area contributed by atoms with Crippen LogP contribution in [-0.4, -0.2) is 6.61 Å². The zero-order valence-electron chi connectivity index (χ0n) is 7.29. The minimum absolute atomic E-state index is 0.595. The van der Waals surface area contributed by atoms with Gasteiger partial charge in [0.1, 0.15) is 11.8 Å². The topological polar surface area (TPSA) is 33.0 Å². The fourth-order valence-electron chi connectivity index (χ4n) is 1.01. The van der Waals surface area contributed by atoms with Crippen LogP contribution in [0.15, 0.2) is 18.2 Å². The SMILES string of the molecule is CCOc1ccc(C)cc1C#N. The van der Waals surface area contributed by atoms with Crippen molar-refractivity contribution in [2.45, 2.75) is 13.8 Å². The summed E-state index contributed by atoms with van der Waals surface area (Å²) in [5.74, 6) is 0.672. The van der Waals surface area contributed by atoms with Crippen LogP contribution in [0.4, 0.5) is 0 Å². The van der Waals surface area contributed by atoms with Gasteiger partial charge in [-0.2, -0.15) is 5.26 Å². The summed E-state index contributed by atoms with van der Waals surface area (Å²) in [6.45, 7) is 4.45. The maximum atomic E-state index is 8.74. The van der Waals surface area contributed by atoms with Crippen molar-refractivity contribution in [1.82, 2.24) is 0 Å². The molecule has 1 aromatic carbocycles. The minimum atomic E-state index is 0.595. The van der Waals surface area contributed by atoms with Gasteiger partial charge >= 0.3 is 0 Å². The van der Waals surface area contributed by atoms with Gasteiger partial charge in [-0.3, -0.25) is 0 Å². The lowest BCUT2D eigenvalue weighted by Gasteiger charge is -2.04. The fourth-order valence-corrected chi connectivity index (χ4v) is 1.01. The van der Waals surface area contributed by atoms with E-state index in [9.17, 15) is 0 Å². The van der Waals surface area contributed by atoms with Gasteiger partial charge in [0, 0.05) is 0 Å². The zero-order valence-corrected chi connectivity index (χ0v) is 7.29. The van der Waals surface area contributed by atoms with E-state index in [2.05, 4.69) is 6.07 Å². The first-order valence-corrected chi connectivity index (χ1v) is 3.91. The number of ether oxygens (including phenoxy) is 1. The zero-order chi connectivity index (χ0) is 8.97. The molecule has 0 aromatic heterocycles. The second-order valence-corrected chi connectivity index (χ2v) is 2.54. The lowest BCUT2D eigenvalue weighted by Crippen LogP contribution is -1.94. The summed E-state index contributed by atoms with van der Waals surface area (Å²) in [5, 5.41) is 8.74. The largest absolute Gasteiger partial charge is 0.492 e. The highest BCUT2D eigenvalue weighted by Crippen LogP contribution is 2.18. The van der Waals surface area contributed by atoms with Crippen LogP contribution in [0.2, 0.25) is 0 Å². The van der Waals surface area contributed by atoms with Crippen LogP contribution in [0.3, 0.4) is 0 Å². The van der Waals surface area contributed by atoms with Crippen molar-refractivity contribution < 1.29 is 4.74 Å². The third-order valence-corrected chi connectivity index (χ3v) is 1.56. The fraction of sp³-hybridized carbons (Fsp3) is 0.300. The highest BCUT2D eigenvalue weighted by atomic mass is 16.5. The number of nitriles is 1. The van der Waals surface area contributed by atoms with Gasteiger partial charge in [-0.25, -0.2) is 0 Å². The molecule has 0 heterocycles. The molecule has 0 bridgehead atoms. The van der Waals surface area contributed by atoms with Crippen LogP contribution >= 0.6 is 0 Å². The van der Waals surface area contributed by atoms with E-state index in [-0.39, 0.29) is 0 Å². The third kappa shape index (κ3) is 1.76. The molecule has 0 aliphatic heterocycles. The maximum absolute atomic E-state index is 8.74. The lowest BCUT2D eigenvalue weighted by molar-refractivity contribution is 0.339. The average molecular weight is 161 g/mol. The van der Waals surface area contributed by atoms with Crippen molar-refractivity contribution in [3.05, 3.63) is 29.3 Å². The van der Waals surface area contributed by atoms with Gasteiger partial charge in [-0.1, -0.05) is 6.07 Å². The monoisotopic (exact) mass is 161 g/mol. The van der Waals surface area contributed by atoms with Crippen LogP contribution in [0.5, 0.6) is 5.75 Å². The number of hydrogen-bond donors (Lipinski definition) is 0. The number of hydrogen-bond acceptors (Lipinski definition) is 2. The molecule has 0 amide bonds. The molecular weight excluding hydrogens is 150 g/mol. The Morgan fingerprint density at radius 2 is 2.25 bits per heavy atom. The molecule has 0 atom stereocenters. The van der Waals surface area contributed by atoms with E-state index in [1.54, 1.807) is 0 Å². The Morgan fingerprint density at radius 3 is 2.83 bits per heavy atom. The highest BCUT2D eigenvalue weighted by molar-refractivity contribution is 5.44.